The molecule has 2 aliphatic heterocycles. The lowest BCUT2D eigenvalue weighted by Gasteiger charge is -2.20. The number of hydrogen-bond donors (Lipinski definition) is 1. The number of carbonyl (C=O) groups is 3. The predicted molar refractivity (Wildman–Crippen MR) is 149 cm³/mol. The zero-order valence-corrected chi connectivity index (χ0v) is 23.0. The second-order valence-electron chi connectivity index (χ2n) is 10.5. The van der Waals surface area contributed by atoms with Crippen molar-refractivity contribution < 1.29 is 19.1 Å². The van der Waals surface area contributed by atoms with Crippen molar-refractivity contribution in [2.45, 2.75) is 57.9 Å². The fourth-order valence-electron chi connectivity index (χ4n) is 5.02. The van der Waals surface area contributed by atoms with Crippen LogP contribution in [0.5, 0.6) is 5.75 Å². The minimum Gasteiger partial charge on any atom is -0.493 e. The normalized spacial score (nSPS) is 16.4. The van der Waals surface area contributed by atoms with Crippen LogP contribution in [0.15, 0.2) is 29.4 Å². The van der Waals surface area contributed by atoms with Gasteiger partial charge in [0, 0.05) is 44.9 Å². The van der Waals surface area contributed by atoms with E-state index < -0.39 is 0 Å². The molecule has 38 heavy (non-hydrogen) atoms. The van der Waals surface area contributed by atoms with E-state index >= 15 is 0 Å². The average molecular weight is 522 g/mol. The number of hydrogen-bond acceptors (Lipinski definition) is 6. The smallest absolute Gasteiger partial charge is 0.256 e. The lowest BCUT2D eigenvalue weighted by Crippen LogP contribution is -2.35. The highest BCUT2D eigenvalue weighted by molar-refractivity contribution is 6.03. The Hall–Kier alpha value is -3.46. The van der Waals surface area contributed by atoms with Crippen molar-refractivity contribution in [2.75, 3.05) is 39.1 Å². The Balaban J connectivity index is 1.24. The zero-order valence-electron chi connectivity index (χ0n) is 23.0. The van der Waals surface area contributed by atoms with Gasteiger partial charge in [-0.1, -0.05) is 0 Å². The summed E-state index contributed by atoms with van der Waals surface area (Å²) >= 11 is 0. The molecule has 1 aromatic carbocycles. The first-order valence-electron chi connectivity index (χ1n) is 13.5. The fourth-order valence-corrected chi connectivity index (χ4v) is 5.02. The highest BCUT2D eigenvalue weighted by atomic mass is 16.5. The molecule has 2 amide bonds. The minimum absolute atomic E-state index is 0.0291. The van der Waals surface area contributed by atoms with E-state index in [1.165, 1.54) is 0 Å². The summed E-state index contributed by atoms with van der Waals surface area (Å²) in [6.07, 6.45) is 8.74. The van der Waals surface area contributed by atoms with Crippen LogP contribution in [0.25, 0.3) is 0 Å². The van der Waals surface area contributed by atoms with Gasteiger partial charge in [0.05, 0.1) is 35.3 Å². The molecule has 1 fully saturated rings. The molecular formula is C29H39N5O4. The molecule has 4 rings (SSSR count). The number of rotatable bonds is 12. The van der Waals surface area contributed by atoms with Crippen molar-refractivity contribution in [3.8, 4) is 5.75 Å². The molecule has 1 aromatic heterocycles. The number of amides is 2. The van der Waals surface area contributed by atoms with Gasteiger partial charge in [-0.2, -0.15) is 0 Å². The minimum atomic E-state index is -0.126. The number of aryl methyl sites for hydroxylation is 2. The summed E-state index contributed by atoms with van der Waals surface area (Å²) in [5.74, 6) is 0.663. The van der Waals surface area contributed by atoms with Gasteiger partial charge in [-0.15, -0.1) is 0 Å². The van der Waals surface area contributed by atoms with E-state index in [1.54, 1.807) is 16.8 Å². The lowest BCUT2D eigenvalue weighted by atomic mass is 10.1. The summed E-state index contributed by atoms with van der Waals surface area (Å²) < 4.78 is 7.73. The van der Waals surface area contributed by atoms with Crippen LogP contribution >= 0.6 is 0 Å². The number of anilines is 1. The number of nitrogens with zero attached hydrogens (tertiary/aromatic N) is 4. The van der Waals surface area contributed by atoms with Crippen LogP contribution in [0.2, 0.25) is 0 Å². The van der Waals surface area contributed by atoms with Gasteiger partial charge in [-0.25, -0.2) is 0 Å². The van der Waals surface area contributed by atoms with Crippen molar-refractivity contribution in [3.05, 3.63) is 41.2 Å². The fraction of sp³-hybridized carbons (Fsp3) is 0.517. The van der Waals surface area contributed by atoms with Gasteiger partial charge < -0.3 is 24.4 Å². The Morgan fingerprint density at radius 3 is 2.76 bits per heavy atom. The van der Waals surface area contributed by atoms with Crippen molar-refractivity contribution in [2.24, 2.45) is 12.0 Å². The van der Waals surface area contributed by atoms with Gasteiger partial charge in [-0.05, 0) is 77.4 Å². The Kier molecular flexibility index (Phi) is 8.99. The van der Waals surface area contributed by atoms with Gasteiger partial charge >= 0.3 is 0 Å². The Morgan fingerprint density at radius 2 is 1.97 bits per heavy atom. The molecular weight excluding hydrogens is 482 g/mol. The van der Waals surface area contributed by atoms with E-state index in [1.807, 2.05) is 51.3 Å². The SMILES string of the molecule is Cc1cc2c(cc1OCCCC(=O)Nc1cc(C(=O)CCCCN(C)C)n(C)c1)N=C[C@@H]1CCCN1C2=O. The summed E-state index contributed by atoms with van der Waals surface area (Å²) in [5, 5.41) is 2.89. The molecule has 0 spiro atoms. The highest BCUT2D eigenvalue weighted by Crippen LogP contribution is 2.34. The molecule has 2 aromatic rings. The van der Waals surface area contributed by atoms with Crippen LogP contribution in [0.1, 0.15) is 71.4 Å². The van der Waals surface area contributed by atoms with Crippen molar-refractivity contribution in [1.82, 2.24) is 14.4 Å². The third kappa shape index (κ3) is 6.69. The van der Waals surface area contributed by atoms with Crippen LogP contribution in [-0.4, -0.2) is 78.0 Å². The summed E-state index contributed by atoms with van der Waals surface area (Å²) in [5.41, 5.74) is 3.35. The molecule has 1 N–H and O–H groups in total. The van der Waals surface area contributed by atoms with E-state index in [-0.39, 0.29) is 23.6 Å². The zero-order chi connectivity index (χ0) is 27.2. The number of aliphatic imine (C=N–C) groups is 1. The molecule has 3 heterocycles. The molecule has 0 bridgehead atoms. The highest BCUT2D eigenvalue weighted by Gasteiger charge is 2.32. The maximum atomic E-state index is 12.9. The van der Waals surface area contributed by atoms with Gasteiger partial charge in [0.25, 0.3) is 5.91 Å². The first-order valence-corrected chi connectivity index (χ1v) is 13.5. The van der Waals surface area contributed by atoms with E-state index in [2.05, 4.69) is 15.2 Å². The Labute approximate surface area is 224 Å². The number of unbranched alkanes of at least 4 members (excludes halogenated alkanes) is 1. The second kappa shape index (κ2) is 12.4. The van der Waals surface area contributed by atoms with Crippen LogP contribution in [0.3, 0.4) is 0 Å². The van der Waals surface area contributed by atoms with Gasteiger partial charge in [0.1, 0.15) is 5.75 Å². The first-order chi connectivity index (χ1) is 18.2. The predicted octanol–water partition coefficient (Wildman–Crippen LogP) is 4.37. The average Bonchev–Trinajstić information content (AvgIpc) is 3.46. The van der Waals surface area contributed by atoms with E-state index in [0.29, 0.717) is 54.3 Å². The molecule has 2 aliphatic rings. The molecule has 0 radical (unpaired) electrons. The number of aromatic nitrogens is 1. The number of carbonyl (C=O) groups excluding carboxylic acids is 3. The Bertz CT molecular complexity index is 1220. The third-order valence-corrected chi connectivity index (χ3v) is 7.11. The molecule has 1 saturated heterocycles. The maximum Gasteiger partial charge on any atom is 0.256 e. The molecule has 0 unspecified atom stereocenters. The number of benzene rings is 1. The molecule has 9 nitrogen and oxygen atoms in total. The number of fused-ring (bicyclic) bond motifs is 2. The number of ether oxygens (including phenoxy) is 1. The standard InChI is InChI=1S/C29H39N5O4/c1-20-15-23-24(30-18-22-9-7-13-34(22)29(23)37)17-27(20)38-14-8-11-28(36)31-21-16-25(33(4)19-21)26(35)10-5-6-12-32(2)3/h15-19,22H,5-14H2,1-4H3,(H,31,36)/t22-/m0/s1. The van der Waals surface area contributed by atoms with Gasteiger partial charge in [-0.3, -0.25) is 19.4 Å². The number of ketones is 1. The van der Waals surface area contributed by atoms with Crippen LogP contribution < -0.4 is 10.1 Å². The summed E-state index contributed by atoms with van der Waals surface area (Å²) in [7, 11) is 5.87. The van der Waals surface area contributed by atoms with E-state index in [0.717, 1.165) is 44.3 Å². The van der Waals surface area contributed by atoms with Crippen LogP contribution in [-0.2, 0) is 11.8 Å². The number of nitrogens with one attached hydrogen (secondary N) is 1. The third-order valence-electron chi connectivity index (χ3n) is 7.11. The van der Waals surface area contributed by atoms with Crippen LogP contribution in [0, 0.1) is 6.92 Å². The van der Waals surface area contributed by atoms with E-state index in [9.17, 15) is 14.4 Å². The lowest BCUT2D eigenvalue weighted by molar-refractivity contribution is -0.116. The molecule has 9 heteroatoms. The Morgan fingerprint density at radius 1 is 1.16 bits per heavy atom. The van der Waals surface area contributed by atoms with Crippen molar-refractivity contribution >= 4 is 35.2 Å². The topological polar surface area (TPSA) is 96.2 Å². The first kappa shape index (κ1) is 27.6. The summed E-state index contributed by atoms with van der Waals surface area (Å²) in [6.45, 7) is 4.02. The van der Waals surface area contributed by atoms with Crippen molar-refractivity contribution in [3.63, 3.8) is 0 Å². The summed E-state index contributed by atoms with van der Waals surface area (Å²) in [4.78, 5) is 46.6. The van der Waals surface area contributed by atoms with Gasteiger partial charge in [0.15, 0.2) is 5.78 Å². The largest absolute Gasteiger partial charge is 0.493 e. The molecule has 204 valence electrons. The molecule has 0 saturated carbocycles. The quantitative estimate of drug-likeness (QED) is 0.331. The van der Waals surface area contributed by atoms with E-state index in [4.69, 9.17) is 4.74 Å². The summed E-state index contributed by atoms with van der Waals surface area (Å²) in [6, 6.07) is 5.50. The monoisotopic (exact) mass is 521 g/mol. The van der Waals surface area contributed by atoms with Crippen LogP contribution in [0.4, 0.5) is 11.4 Å². The van der Waals surface area contributed by atoms with Gasteiger partial charge in [0.2, 0.25) is 5.91 Å². The maximum absolute atomic E-state index is 12.9. The number of Topliss-reactive ketones (excluding diaryl/α,β-unsaturated/α-hetero) is 1. The molecule has 0 aliphatic carbocycles. The van der Waals surface area contributed by atoms with Crippen molar-refractivity contribution in [1.29, 1.82) is 0 Å². The molecule has 1 atom stereocenters. The second-order valence-corrected chi connectivity index (χ2v) is 10.5.